The molecule has 1 aromatic heterocycles. The maximum atomic E-state index is 12.2. The van der Waals surface area contributed by atoms with Crippen molar-refractivity contribution in [2.45, 2.75) is 13.0 Å². The van der Waals surface area contributed by atoms with Gasteiger partial charge in [0.25, 0.3) is 0 Å². The number of phenols is 1. The van der Waals surface area contributed by atoms with Crippen molar-refractivity contribution in [3.63, 3.8) is 0 Å². The first-order valence-electron chi connectivity index (χ1n) is 6.26. The normalized spacial score (nSPS) is 10.2. The fourth-order valence-corrected chi connectivity index (χ4v) is 2.03. The van der Waals surface area contributed by atoms with Crippen LogP contribution in [0.5, 0.6) is 5.75 Å². The number of hydrogen-bond acceptors (Lipinski definition) is 3. The number of carbonyl (C=O) groups excluding carboxylic acids is 1. The fraction of sp³-hybridized carbons (Fsp3) is 0.200. The van der Waals surface area contributed by atoms with Gasteiger partial charge in [0, 0.05) is 18.5 Å². The van der Waals surface area contributed by atoms with Crippen LogP contribution in [-0.4, -0.2) is 21.9 Å². The number of hydrogen-bond donors (Lipinski definition) is 1. The highest BCUT2D eigenvalue weighted by Crippen LogP contribution is 2.18. The molecule has 0 spiro atoms. The lowest BCUT2D eigenvalue weighted by atomic mass is 10.2. The maximum Gasteiger partial charge on any atom is 0.229 e. The Kier molecular flexibility index (Phi) is 4.96. The summed E-state index contributed by atoms with van der Waals surface area (Å²) in [6.07, 6.45) is 1.88. The summed E-state index contributed by atoms with van der Waals surface area (Å²) in [6, 6.07) is 12.2. The Morgan fingerprint density at radius 2 is 2.10 bits per heavy atom. The van der Waals surface area contributed by atoms with E-state index in [0.717, 1.165) is 5.56 Å². The average molecular weight is 291 g/mol. The Morgan fingerprint density at radius 3 is 2.75 bits per heavy atom. The van der Waals surface area contributed by atoms with E-state index < -0.39 is 0 Å². The molecule has 0 saturated heterocycles. The molecule has 1 N–H and O–H groups in total. The lowest BCUT2D eigenvalue weighted by Gasteiger charge is -2.21. The Morgan fingerprint density at radius 1 is 1.25 bits per heavy atom. The lowest BCUT2D eigenvalue weighted by molar-refractivity contribution is -0.118. The van der Waals surface area contributed by atoms with Gasteiger partial charge < -0.3 is 5.11 Å². The highest BCUT2D eigenvalue weighted by molar-refractivity contribution is 6.19. The van der Waals surface area contributed by atoms with E-state index in [9.17, 15) is 9.90 Å². The second-order valence-electron chi connectivity index (χ2n) is 4.28. The van der Waals surface area contributed by atoms with Crippen LogP contribution in [0.3, 0.4) is 0 Å². The van der Waals surface area contributed by atoms with E-state index in [1.165, 1.54) is 0 Å². The molecular weight excluding hydrogens is 276 g/mol. The number of amides is 1. The average Bonchev–Trinajstić information content (AvgIpc) is 2.46. The minimum atomic E-state index is -0.0953. The zero-order chi connectivity index (χ0) is 14.4. The first kappa shape index (κ1) is 14.3. The molecule has 0 unspecified atom stereocenters. The molecule has 0 atom stereocenters. The second kappa shape index (κ2) is 6.91. The summed E-state index contributed by atoms with van der Waals surface area (Å²) >= 11 is 5.65. The number of benzene rings is 1. The first-order chi connectivity index (χ1) is 9.70. The van der Waals surface area contributed by atoms with Crippen LogP contribution in [0.1, 0.15) is 12.0 Å². The molecule has 0 bridgehead atoms. The lowest BCUT2D eigenvalue weighted by Crippen LogP contribution is -2.31. The van der Waals surface area contributed by atoms with Crippen LogP contribution in [0.4, 0.5) is 5.82 Å². The van der Waals surface area contributed by atoms with Crippen molar-refractivity contribution in [2.24, 2.45) is 0 Å². The molecule has 2 aromatic rings. The quantitative estimate of drug-likeness (QED) is 0.862. The summed E-state index contributed by atoms with van der Waals surface area (Å²) in [4.78, 5) is 17.9. The van der Waals surface area contributed by atoms with Gasteiger partial charge in [-0.3, -0.25) is 9.69 Å². The van der Waals surface area contributed by atoms with Crippen LogP contribution in [-0.2, 0) is 11.3 Å². The van der Waals surface area contributed by atoms with E-state index in [0.29, 0.717) is 12.4 Å². The van der Waals surface area contributed by atoms with Gasteiger partial charge in [-0.1, -0.05) is 18.2 Å². The van der Waals surface area contributed by atoms with E-state index in [2.05, 4.69) is 4.98 Å². The van der Waals surface area contributed by atoms with Crippen LogP contribution in [0.2, 0.25) is 0 Å². The van der Waals surface area contributed by atoms with Gasteiger partial charge in [0.1, 0.15) is 11.6 Å². The number of halogens is 1. The molecule has 2 rings (SSSR count). The minimum absolute atomic E-state index is 0.0953. The molecule has 20 heavy (non-hydrogen) atoms. The van der Waals surface area contributed by atoms with E-state index in [-0.39, 0.29) is 24.0 Å². The molecule has 0 aliphatic carbocycles. The summed E-state index contributed by atoms with van der Waals surface area (Å²) in [5.41, 5.74) is 0.832. The third-order valence-electron chi connectivity index (χ3n) is 2.79. The molecule has 104 valence electrons. The molecule has 0 radical (unpaired) electrons. The number of phenolic OH excluding ortho intramolecular Hbond substituents is 1. The number of rotatable bonds is 5. The molecular formula is C15H15ClN2O2. The molecule has 0 aliphatic heterocycles. The molecule has 1 aromatic carbocycles. The summed E-state index contributed by atoms with van der Waals surface area (Å²) in [6.45, 7) is 0.348. The number of aromatic nitrogens is 1. The van der Waals surface area contributed by atoms with Crippen LogP contribution >= 0.6 is 11.6 Å². The summed E-state index contributed by atoms with van der Waals surface area (Å²) in [5, 5.41) is 9.50. The third-order valence-corrected chi connectivity index (χ3v) is 2.98. The van der Waals surface area contributed by atoms with Crippen molar-refractivity contribution in [1.82, 2.24) is 4.98 Å². The van der Waals surface area contributed by atoms with E-state index >= 15 is 0 Å². The van der Waals surface area contributed by atoms with Gasteiger partial charge in [0.15, 0.2) is 0 Å². The van der Waals surface area contributed by atoms with Crippen molar-refractivity contribution in [2.75, 3.05) is 10.8 Å². The van der Waals surface area contributed by atoms with Crippen LogP contribution in [0.25, 0.3) is 0 Å². The molecule has 0 aliphatic rings. The van der Waals surface area contributed by atoms with Crippen LogP contribution in [0, 0.1) is 0 Å². The van der Waals surface area contributed by atoms with Crippen molar-refractivity contribution < 1.29 is 9.90 Å². The highest BCUT2D eigenvalue weighted by Gasteiger charge is 2.16. The number of aromatic hydroxyl groups is 1. The summed E-state index contributed by atoms with van der Waals surface area (Å²) in [7, 11) is 0. The highest BCUT2D eigenvalue weighted by atomic mass is 35.5. The first-order valence-corrected chi connectivity index (χ1v) is 6.79. The Bertz CT molecular complexity index is 575. The standard InChI is InChI=1S/C15H15ClN2O2/c16-8-7-15(20)18(14-6-1-2-9-17-14)11-12-4-3-5-13(19)10-12/h1-6,9-10,19H,7-8,11H2. The van der Waals surface area contributed by atoms with Crippen molar-refractivity contribution in [3.05, 3.63) is 54.2 Å². The van der Waals surface area contributed by atoms with E-state index in [1.807, 2.05) is 12.1 Å². The minimum Gasteiger partial charge on any atom is -0.508 e. The zero-order valence-corrected chi connectivity index (χ0v) is 11.6. The molecule has 5 heteroatoms. The number of carbonyl (C=O) groups is 1. The Balaban J connectivity index is 2.25. The Labute approximate surface area is 122 Å². The van der Waals surface area contributed by atoms with E-state index in [1.54, 1.807) is 41.4 Å². The SMILES string of the molecule is O=C(CCCl)N(Cc1cccc(O)c1)c1ccccn1. The maximum absolute atomic E-state index is 12.2. The molecule has 1 amide bonds. The zero-order valence-electron chi connectivity index (χ0n) is 10.9. The van der Waals surface area contributed by atoms with E-state index in [4.69, 9.17) is 11.6 Å². The van der Waals surface area contributed by atoms with Gasteiger partial charge in [-0.05, 0) is 29.8 Å². The van der Waals surface area contributed by atoms with Crippen molar-refractivity contribution in [1.29, 1.82) is 0 Å². The number of nitrogens with zero attached hydrogens (tertiary/aromatic N) is 2. The molecule has 1 heterocycles. The fourth-order valence-electron chi connectivity index (χ4n) is 1.86. The van der Waals surface area contributed by atoms with Gasteiger partial charge in [-0.15, -0.1) is 11.6 Å². The summed E-state index contributed by atoms with van der Waals surface area (Å²) in [5.74, 6) is 0.920. The van der Waals surface area contributed by atoms with Crippen LogP contribution in [0.15, 0.2) is 48.7 Å². The molecule has 4 nitrogen and oxygen atoms in total. The van der Waals surface area contributed by atoms with Gasteiger partial charge in [-0.25, -0.2) is 4.98 Å². The number of alkyl halides is 1. The predicted molar refractivity (Wildman–Crippen MR) is 78.9 cm³/mol. The number of pyridine rings is 1. The largest absolute Gasteiger partial charge is 0.508 e. The molecule has 0 fully saturated rings. The topological polar surface area (TPSA) is 53.4 Å². The smallest absolute Gasteiger partial charge is 0.229 e. The van der Waals surface area contributed by atoms with Crippen LogP contribution < -0.4 is 4.90 Å². The second-order valence-corrected chi connectivity index (χ2v) is 4.65. The predicted octanol–water partition coefficient (Wildman–Crippen LogP) is 2.95. The Hall–Kier alpha value is -2.07. The molecule has 0 saturated carbocycles. The van der Waals surface area contributed by atoms with Gasteiger partial charge in [-0.2, -0.15) is 0 Å². The van der Waals surface area contributed by atoms with Gasteiger partial charge in [0.05, 0.1) is 6.54 Å². The van der Waals surface area contributed by atoms with Gasteiger partial charge in [0.2, 0.25) is 5.91 Å². The monoisotopic (exact) mass is 290 g/mol. The number of anilines is 1. The third kappa shape index (κ3) is 3.71. The van der Waals surface area contributed by atoms with Crippen molar-refractivity contribution >= 4 is 23.3 Å². The van der Waals surface area contributed by atoms with Crippen molar-refractivity contribution in [3.8, 4) is 5.75 Å². The summed E-state index contributed by atoms with van der Waals surface area (Å²) < 4.78 is 0. The van der Waals surface area contributed by atoms with Gasteiger partial charge >= 0.3 is 0 Å².